The maximum Gasteiger partial charge on any atom is 0.296 e. The Hall–Kier alpha value is -3.43. The molecule has 1 aliphatic rings. The lowest BCUT2D eigenvalue weighted by Gasteiger charge is -2.25. The molecule has 1 atom stereocenters. The Morgan fingerprint density at radius 3 is 2.66 bits per heavy atom. The standard InChI is InChI=1S/C23H17BrN2O5S/c1-31-17-12-14(11-15(24)20(17)28)19-18(16(27)8-7-13-5-3-2-4-6-13)21(29)22(30)26(19)23-25-9-10-32-23/h2-12,19,28-29H,1H3/b8-7+. The van der Waals surface area contributed by atoms with Gasteiger partial charge in [-0.05, 0) is 45.3 Å². The van der Waals surface area contributed by atoms with Crippen LogP contribution in [0.2, 0.25) is 0 Å². The van der Waals surface area contributed by atoms with Gasteiger partial charge in [0.1, 0.15) is 0 Å². The second kappa shape index (κ2) is 8.97. The molecule has 2 N–H and O–H groups in total. The number of phenols is 1. The number of phenolic OH excluding ortho intramolecular Hbond substituents is 1. The molecule has 0 radical (unpaired) electrons. The maximum atomic E-state index is 13.2. The van der Waals surface area contributed by atoms with Crippen LogP contribution in [-0.2, 0) is 9.59 Å². The van der Waals surface area contributed by atoms with Crippen molar-refractivity contribution in [1.82, 2.24) is 4.98 Å². The first-order valence-electron chi connectivity index (χ1n) is 9.42. The first kappa shape index (κ1) is 21.8. The first-order valence-corrected chi connectivity index (χ1v) is 11.1. The zero-order chi connectivity index (χ0) is 22.8. The molecule has 1 aliphatic heterocycles. The van der Waals surface area contributed by atoms with Crippen molar-refractivity contribution < 1.29 is 24.5 Å². The Morgan fingerprint density at radius 2 is 2.00 bits per heavy atom. The summed E-state index contributed by atoms with van der Waals surface area (Å²) in [5.41, 5.74) is 1.17. The van der Waals surface area contributed by atoms with E-state index in [1.165, 1.54) is 41.7 Å². The van der Waals surface area contributed by atoms with Crippen molar-refractivity contribution >= 4 is 50.2 Å². The highest BCUT2D eigenvalue weighted by atomic mass is 79.9. The van der Waals surface area contributed by atoms with Crippen LogP contribution in [0.3, 0.4) is 0 Å². The van der Waals surface area contributed by atoms with Crippen LogP contribution in [0.15, 0.2) is 75.9 Å². The van der Waals surface area contributed by atoms with Crippen molar-refractivity contribution in [3.8, 4) is 11.5 Å². The SMILES string of the molecule is COc1cc(C2C(C(=O)/C=C/c3ccccc3)=C(O)C(=O)N2c2nccs2)cc(Br)c1O. The van der Waals surface area contributed by atoms with E-state index in [1.807, 2.05) is 30.3 Å². The lowest BCUT2D eigenvalue weighted by Crippen LogP contribution is -2.30. The van der Waals surface area contributed by atoms with Gasteiger partial charge in [0, 0.05) is 11.6 Å². The molecule has 0 saturated carbocycles. The third kappa shape index (κ3) is 3.92. The highest BCUT2D eigenvalue weighted by molar-refractivity contribution is 9.10. The Labute approximate surface area is 196 Å². The van der Waals surface area contributed by atoms with Gasteiger partial charge >= 0.3 is 0 Å². The molecule has 162 valence electrons. The number of ether oxygens (including phenoxy) is 1. The predicted octanol–water partition coefficient (Wildman–Crippen LogP) is 4.80. The van der Waals surface area contributed by atoms with Crippen molar-refractivity contribution in [1.29, 1.82) is 0 Å². The Bertz CT molecular complexity index is 1240. The smallest absolute Gasteiger partial charge is 0.296 e. The van der Waals surface area contributed by atoms with E-state index < -0.39 is 23.5 Å². The molecule has 0 spiro atoms. The van der Waals surface area contributed by atoms with Gasteiger partial charge < -0.3 is 14.9 Å². The van der Waals surface area contributed by atoms with Crippen LogP contribution in [0.25, 0.3) is 6.08 Å². The number of ketones is 1. The first-order chi connectivity index (χ1) is 15.4. The number of aliphatic hydroxyl groups is 1. The van der Waals surface area contributed by atoms with Gasteiger partial charge in [-0.25, -0.2) is 4.98 Å². The van der Waals surface area contributed by atoms with E-state index in [4.69, 9.17) is 4.74 Å². The van der Waals surface area contributed by atoms with Gasteiger partial charge in [0.2, 0.25) is 0 Å². The molecule has 1 amide bonds. The number of amides is 1. The molecule has 7 nitrogen and oxygen atoms in total. The topological polar surface area (TPSA) is 100.0 Å². The number of thiazole rings is 1. The molecular weight excluding hydrogens is 496 g/mol. The number of methoxy groups -OCH3 is 1. The van der Waals surface area contributed by atoms with E-state index in [0.717, 1.165) is 5.56 Å². The summed E-state index contributed by atoms with van der Waals surface area (Å²) in [4.78, 5) is 31.6. The molecule has 1 aromatic heterocycles. The van der Waals surface area contributed by atoms with Gasteiger partial charge in [-0.15, -0.1) is 11.3 Å². The highest BCUT2D eigenvalue weighted by Crippen LogP contribution is 2.45. The van der Waals surface area contributed by atoms with E-state index >= 15 is 0 Å². The zero-order valence-corrected chi connectivity index (χ0v) is 19.1. The van der Waals surface area contributed by atoms with E-state index in [1.54, 1.807) is 17.5 Å². The fourth-order valence-corrected chi connectivity index (χ4v) is 4.56. The Balaban J connectivity index is 1.83. The average Bonchev–Trinajstić information content (AvgIpc) is 3.41. The lowest BCUT2D eigenvalue weighted by molar-refractivity contribution is -0.117. The summed E-state index contributed by atoms with van der Waals surface area (Å²) in [6.45, 7) is 0. The number of halogens is 1. The minimum atomic E-state index is -0.965. The number of aromatic nitrogens is 1. The molecule has 3 aromatic rings. The van der Waals surface area contributed by atoms with Crippen LogP contribution in [0.4, 0.5) is 5.13 Å². The largest absolute Gasteiger partial charge is 0.503 e. The Kier molecular flexibility index (Phi) is 6.11. The van der Waals surface area contributed by atoms with E-state index in [0.29, 0.717) is 15.2 Å². The number of aromatic hydroxyl groups is 1. The molecule has 4 rings (SSSR count). The quantitative estimate of drug-likeness (QED) is 0.460. The number of hydrogen-bond donors (Lipinski definition) is 2. The van der Waals surface area contributed by atoms with Crippen LogP contribution in [0.5, 0.6) is 11.5 Å². The van der Waals surface area contributed by atoms with Gasteiger partial charge in [0.05, 0.1) is 23.2 Å². The van der Waals surface area contributed by atoms with Crippen molar-refractivity contribution in [2.45, 2.75) is 6.04 Å². The minimum absolute atomic E-state index is 0.0861. The fourth-order valence-electron chi connectivity index (χ4n) is 3.44. The third-order valence-electron chi connectivity index (χ3n) is 4.91. The molecule has 32 heavy (non-hydrogen) atoms. The Morgan fingerprint density at radius 1 is 1.25 bits per heavy atom. The van der Waals surface area contributed by atoms with Crippen LogP contribution in [-0.4, -0.2) is 34.0 Å². The van der Waals surface area contributed by atoms with Crippen LogP contribution < -0.4 is 9.64 Å². The van der Waals surface area contributed by atoms with E-state index in [-0.39, 0.29) is 17.1 Å². The van der Waals surface area contributed by atoms with Gasteiger partial charge in [-0.1, -0.05) is 36.4 Å². The van der Waals surface area contributed by atoms with E-state index in [2.05, 4.69) is 20.9 Å². The third-order valence-corrected chi connectivity index (χ3v) is 6.29. The van der Waals surface area contributed by atoms with Gasteiger partial charge in [0.15, 0.2) is 28.2 Å². The molecule has 0 saturated heterocycles. The molecule has 1 unspecified atom stereocenters. The molecular formula is C23H17BrN2O5S. The van der Waals surface area contributed by atoms with Crippen LogP contribution in [0, 0.1) is 0 Å². The lowest BCUT2D eigenvalue weighted by atomic mass is 9.95. The maximum absolute atomic E-state index is 13.2. The zero-order valence-electron chi connectivity index (χ0n) is 16.7. The summed E-state index contributed by atoms with van der Waals surface area (Å²) < 4.78 is 5.55. The van der Waals surface area contributed by atoms with Gasteiger partial charge in [-0.3, -0.25) is 14.5 Å². The number of aliphatic hydroxyl groups excluding tert-OH is 1. The van der Waals surface area contributed by atoms with Crippen LogP contribution in [0.1, 0.15) is 17.2 Å². The van der Waals surface area contributed by atoms with E-state index in [9.17, 15) is 19.8 Å². The number of carbonyl (C=O) groups is 2. The number of allylic oxidation sites excluding steroid dienone is 1. The average molecular weight is 513 g/mol. The molecule has 2 aromatic carbocycles. The summed E-state index contributed by atoms with van der Waals surface area (Å²) in [6.07, 6.45) is 4.46. The summed E-state index contributed by atoms with van der Waals surface area (Å²) in [5, 5.41) is 22.9. The summed E-state index contributed by atoms with van der Waals surface area (Å²) in [7, 11) is 1.39. The highest BCUT2D eigenvalue weighted by Gasteiger charge is 2.45. The number of benzene rings is 2. The molecule has 0 bridgehead atoms. The number of anilines is 1. The fraction of sp³-hybridized carbons (Fsp3) is 0.0870. The summed E-state index contributed by atoms with van der Waals surface area (Å²) in [6, 6.07) is 11.3. The molecule has 0 aliphatic carbocycles. The van der Waals surface area contributed by atoms with Crippen LogP contribution >= 0.6 is 27.3 Å². The number of carbonyl (C=O) groups excluding carboxylic acids is 2. The van der Waals surface area contributed by atoms with Crippen molar-refractivity contribution in [3.63, 3.8) is 0 Å². The second-order valence-electron chi connectivity index (χ2n) is 6.82. The van der Waals surface area contributed by atoms with Crippen molar-refractivity contribution in [2.24, 2.45) is 0 Å². The molecule has 9 heteroatoms. The number of hydrogen-bond acceptors (Lipinski definition) is 7. The van der Waals surface area contributed by atoms with Crippen molar-refractivity contribution in [3.05, 3.63) is 87.0 Å². The predicted molar refractivity (Wildman–Crippen MR) is 125 cm³/mol. The number of nitrogens with zero attached hydrogens (tertiary/aromatic N) is 2. The molecule has 0 fully saturated rings. The summed E-state index contributed by atoms with van der Waals surface area (Å²) in [5.74, 6) is -1.86. The summed E-state index contributed by atoms with van der Waals surface area (Å²) >= 11 is 4.48. The van der Waals surface area contributed by atoms with Gasteiger partial charge in [-0.2, -0.15) is 0 Å². The van der Waals surface area contributed by atoms with Crippen molar-refractivity contribution in [2.75, 3.05) is 12.0 Å². The molecule has 2 heterocycles. The van der Waals surface area contributed by atoms with Gasteiger partial charge in [0.25, 0.3) is 5.91 Å². The normalized spacial score (nSPS) is 16.2. The minimum Gasteiger partial charge on any atom is -0.503 e. The second-order valence-corrected chi connectivity index (χ2v) is 8.54. The monoisotopic (exact) mass is 512 g/mol. The number of rotatable bonds is 6.